The monoisotopic (exact) mass is 345 g/mol. The maximum atomic E-state index is 13.2. The van der Waals surface area contributed by atoms with Gasteiger partial charge in [-0.2, -0.15) is 13.2 Å². The highest BCUT2D eigenvalue weighted by atomic mass is 19.4. The Kier molecular flexibility index (Phi) is 3.38. The lowest BCUT2D eigenvalue weighted by Gasteiger charge is -2.09. The molecule has 2 aromatic heterocycles. The molecule has 0 bridgehead atoms. The number of halogens is 4. The second-order valence-corrected chi connectivity index (χ2v) is 5.62. The smallest absolute Gasteiger partial charge is 0.359 e. The van der Waals surface area contributed by atoms with Crippen LogP contribution in [0.25, 0.3) is 21.8 Å². The summed E-state index contributed by atoms with van der Waals surface area (Å²) < 4.78 is 51.8. The number of aromatic nitrogens is 2. The molecule has 0 radical (unpaired) electrons. The van der Waals surface area contributed by atoms with Gasteiger partial charge in [-0.1, -0.05) is 6.07 Å². The van der Waals surface area contributed by atoms with E-state index in [1.807, 2.05) is 0 Å². The van der Waals surface area contributed by atoms with Crippen LogP contribution in [-0.2, 0) is 6.18 Å². The first-order valence-electron chi connectivity index (χ1n) is 7.42. The van der Waals surface area contributed by atoms with E-state index >= 15 is 0 Å². The predicted octanol–water partition coefficient (Wildman–Crippen LogP) is 5.62. The van der Waals surface area contributed by atoms with Gasteiger partial charge in [0.1, 0.15) is 11.6 Å². The molecule has 4 rings (SSSR count). The van der Waals surface area contributed by atoms with Gasteiger partial charge >= 0.3 is 6.18 Å². The third-order valence-electron chi connectivity index (χ3n) is 3.93. The second kappa shape index (κ2) is 5.47. The minimum absolute atomic E-state index is 0.241. The summed E-state index contributed by atoms with van der Waals surface area (Å²) in [5.74, 6) is 0.0430. The Hall–Kier alpha value is -3.09. The quantitative estimate of drug-likeness (QED) is 0.463. The van der Waals surface area contributed by atoms with E-state index in [0.29, 0.717) is 22.4 Å². The molecule has 2 N–H and O–H groups in total. The number of alkyl halides is 3. The molecular formula is C18H11F4N3. The molecule has 0 saturated carbocycles. The Morgan fingerprint density at radius 1 is 0.960 bits per heavy atom. The molecule has 0 aliphatic carbocycles. The number of nitrogens with zero attached hydrogens (tertiary/aromatic N) is 1. The largest absolute Gasteiger partial charge is 0.416 e. The summed E-state index contributed by atoms with van der Waals surface area (Å²) in [6.45, 7) is 0. The number of pyridine rings is 1. The van der Waals surface area contributed by atoms with Crippen molar-refractivity contribution in [1.82, 2.24) is 9.97 Å². The van der Waals surface area contributed by atoms with E-state index in [0.717, 1.165) is 17.5 Å². The van der Waals surface area contributed by atoms with E-state index in [2.05, 4.69) is 15.3 Å². The van der Waals surface area contributed by atoms with E-state index in [4.69, 9.17) is 0 Å². The van der Waals surface area contributed by atoms with Crippen molar-refractivity contribution in [3.63, 3.8) is 0 Å². The third kappa shape index (κ3) is 2.88. The minimum atomic E-state index is -4.42. The Bertz CT molecular complexity index is 1080. The SMILES string of the molecule is Fc1ccc2c(Nc3ccc4ccc(C(F)(F)F)cc4n3)c[nH]c2c1. The predicted molar refractivity (Wildman–Crippen MR) is 88.3 cm³/mol. The van der Waals surface area contributed by atoms with Crippen LogP contribution in [-0.4, -0.2) is 9.97 Å². The molecule has 0 spiro atoms. The van der Waals surface area contributed by atoms with Gasteiger partial charge in [-0.15, -0.1) is 0 Å². The van der Waals surface area contributed by atoms with Crippen LogP contribution in [0, 0.1) is 5.82 Å². The first kappa shape index (κ1) is 15.4. The average Bonchev–Trinajstić information content (AvgIpc) is 2.95. The number of H-pyrrole nitrogens is 1. The molecule has 0 unspecified atom stereocenters. The number of rotatable bonds is 2. The molecule has 25 heavy (non-hydrogen) atoms. The lowest BCUT2D eigenvalue weighted by Crippen LogP contribution is -2.04. The van der Waals surface area contributed by atoms with Crippen molar-refractivity contribution in [3.05, 3.63) is 66.1 Å². The summed E-state index contributed by atoms with van der Waals surface area (Å²) in [4.78, 5) is 7.19. The Morgan fingerprint density at radius 2 is 1.76 bits per heavy atom. The van der Waals surface area contributed by atoms with Gasteiger partial charge in [-0.3, -0.25) is 0 Å². The van der Waals surface area contributed by atoms with Crippen LogP contribution < -0.4 is 5.32 Å². The lowest BCUT2D eigenvalue weighted by atomic mass is 10.1. The van der Waals surface area contributed by atoms with Crippen LogP contribution in [0.5, 0.6) is 0 Å². The van der Waals surface area contributed by atoms with Gasteiger partial charge in [0, 0.05) is 17.0 Å². The number of hydrogen-bond donors (Lipinski definition) is 2. The Balaban J connectivity index is 1.73. The molecule has 0 fully saturated rings. The van der Waals surface area contributed by atoms with E-state index in [-0.39, 0.29) is 11.3 Å². The summed E-state index contributed by atoms with van der Waals surface area (Å²) in [6, 6.07) is 11.1. The third-order valence-corrected chi connectivity index (χ3v) is 3.93. The fourth-order valence-corrected chi connectivity index (χ4v) is 2.70. The van der Waals surface area contributed by atoms with Gasteiger partial charge in [0.15, 0.2) is 0 Å². The van der Waals surface area contributed by atoms with E-state index in [1.165, 1.54) is 18.2 Å². The van der Waals surface area contributed by atoms with Crippen LogP contribution in [0.2, 0.25) is 0 Å². The molecular weight excluding hydrogens is 334 g/mol. The van der Waals surface area contributed by atoms with E-state index in [9.17, 15) is 17.6 Å². The Morgan fingerprint density at radius 3 is 2.56 bits per heavy atom. The number of hydrogen-bond acceptors (Lipinski definition) is 2. The van der Waals surface area contributed by atoms with E-state index < -0.39 is 11.7 Å². The zero-order chi connectivity index (χ0) is 17.6. The molecule has 0 aliphatic rings. The van der Waals surface area contributed by atoms with Gasteiger partial charge in [0.2, 0.25) is 0 Å². The maximum Gasteiger partial charge on any atom is 0.416 e. The average molecular weight is 345 g/mol. The fourth-order valence-electron chi connectivity index (χ4n) is 2.70. The van der Waals surface area contributed by atoms with Crippen molar-refractivity contribution in [2.24, 2.45) is 0 Å². The normalized spacial score (nSPS) is 12.0. The van der Waals surface area contributed by atoms with Gasteiger partial charge in [0.25, 0.3) is 0 Å². The van der Waals surface area contributed by atoms with Crippen LogP contribution in [0.3, 0.4) is 0 Å². The van der Waals surface area contributed by atoms with Gasteiger partial charge in [-0.05, 0) is 42.5 Å². The first-order chi connectivity index (χ1) is 11.9. The standard InChI is InChI=1S/C18H11F4N3/c19-12-4-5-13-15(8-12)23-9-16(13)25-17-6-2-10-1-3-11(18(20,21)22)7-14(10)24-17/h1-9,23H,(H,24,25). The summed E-state index contributed by atoms with van der Waals surface area (Å²) >= 11 is 0. The van der Waals surface area contributed by atoms with Crippen molar-refractivity contribution in [1.29, 1.82) is 0 Å². The fraction of sp³-hybridized carbons (Fsp3) is 0.0556. The lowest BCUT2D eigenvalue weighted by molar-refractivity contribution is -0.137. The molecule has 3 nitrogen and oxygen atoms in total. The van der Waals surface area contributed by atoms with Crippen LogP contribution in [0.1, 0.15) is 5.56 Å². The summed E-state index contributed by atoms with van der Waals surface area (Å²) in [7, 11) is 0. The summed E-state index contributed by atoms with van der Waals surface area (Å²) in [6.07, 6.45) is -2.76. The molecule has 0 amide bonds. The topological polar surface area (TPSA) is 40.7 Å². The second-order valence-electron chi connectivity index (χ2n) is 5.62. The van der Waals surface area contributed by atoms with Crippen molar-refractivity contribution in [2.75, 3.05) is 5.32 Å². The molecule has 126 valence electrons. The van der Waals surface area contributed by atoms with Crippen molar-refractivity contribution >= 4 is 33.3 Å². The minimum Gasteiger partial charge on any atom is -0.359 e. The summed E-state index contributed by atoms with van der Waals surface area (Å²) in [5.41, 5.74) is 0.773. The summed E-state index contributed by atoms with van der Waals surface area (Å²) in [5, 5.41) is 4.42. The number of anilines is 2. The van der Waals surface area contributed by atoms with Crippen LogP contribution in [0.4, 0.5) is 29.1 Å². The maximum absolute atomic E-state index is 13.2. The van der Waals surface area contributed by atoms with Crippen LogP contribution >= 0.6 is 0 Å². The number of aromatic amines is 1. The van der Waals surface area contributed by atoms with Crippen molar-refractivity contribution in [2.45, 2.75) is 6.18 Å². The molecule has 2 heterocycles. The molecule has 4 aromatic rings. The van der Waals surface area contributed by atoms with Gasteiger partial charge in [-0.25, -0.2) is 9.37 Å². The van der Waals surface area contributed by atoms with E-state index in [1.54, 1.807) is 24.4 Å². The molecule has 7 heteroatoms. The zero-order valence-corrected chi connectivity index (χ0v) is 12.7. The highest BCUT2D eigenvalue weighted by Crippen LogP contribution is 2.32. The number of fused-ring (bicyclic) bond motifs is 2. The van der Waals surface area contributed by atoms with Gasteiger partial charge < -0.3 is 10.3 Å². The Labute approximate surface area is 139 Å². The van der Waals surface area contributed by atoms with Crippen LogP contribution in [0.15, 0.2) is 54.7 Å². The van der Waals surface area contributed by atoms with Gasteiger partial charge in [0.05, 0.1) is 22.3 Å². The van der Waals surface area contributed by atoms with Crippen molar-refractivity contribution < 1.29 is 17.6 Å². The molecule has 0 atom stereocenters. The number of nitrogens with one attached hydrogen (secondary N) is 2. The highest BCUT2D eigenvalue weighted by Gasteiger charge is 2.30. The van der Waals surface area contributed by atoms with Crippen molar-refractivity contribution in [3.8, 4) is 0 Å². The molecule has 0 saturated heterocycles. The molecule has 2 aromatic carbocycles. The zero-order valence-electron chi connectivity index (χ0n) is 12.7. The highest BCUT2D eigenvalue weighted by molar-refractivity contribution is 5.94. The molecule has 0 aliphatic heterocycles. The number of benzene rings is 2. The first-order valence-corrected chi connectivity index (χ1v) is 7.42.